The lowest BCUT2D eigenvalue weighted by Gasteiger charge is -2.17. The van der Waals surface area contributed by atoms with E-state index in [0.717, 1.165) is 18.4 Å². The Morgan fingerprint density at radius 3 is 2.71 bits per heavy atom. The molecule has 96 valence electrons. The summed E-state index contributed by atoms with van der Waals surface area (Å²) in [6, 6.07) is 3.05. The fourth-order valence-corrected chi connectivity index (χ4v) is 1.73. The Kier molecular flexibility index (Phi) is 5.22. The van der Waals surface area contributed by atoms with Gasteiger partial charge < -0.3 is 15.2 Å². The van der Waals surface area contributed by atoms with Gasteiger partial charge in [0.2, 0.25) is 0 Å². The van der Waals surface area contributed by atoms with Crippen molar-refractivity contribution >= 4 is 5.69 Å². The number of ether oxygens (including phenoxy) is 2. The number of anilines is 1. The highest BCUT2D eigenvalue weighted by molar-refractivity contribution is 5.49. The molecule has 0 aliphatic rings. The van der Waals surface area contributed by atoms with Gasteiger partial charge in [-0.2, -0.15) is 0 Å². The van der Waals surface area contributed by atoms with Crippen LogP contribution in [0.15, 0.2) is 12.1 Å². The van der Waals surface area contributed by atoms with Gasteiger partial charge >= 0.3 is 0 Å². The van der Waals surface area contributed by atoms with E-state index in [2.05, 4.69) is 0 Å². The van der Waals surface area contributed by atoms with Gasteiger partial charge in [-0.25, -0.2) is 4.39 Å². The first-order valence-electron chi connectivity index (χ1n) is 5.82. The molecule has 0 fully saturated rings. The maximum Gasteiger partial charge on any atom is 0.167 e. The van der Waals surface area contributed by atoms with Crippen molar-refractivity contribution in [3.05, 3.63) is 23.5 Å². The fourth-order valence-electron chi connectivity index (χ4n) is 1.73. The van der Waals surface area contributed by atoms with Gasteiger partial charge in [0.15, 0.2) is 11.6 Å². The average Bonchev–Trinajstić information content (AvgIpc) is 2.24. The lowest BCUT2D eigenvalue weighted by atomic mass is 10.1. The molecule has 17 heavy (non-hydrogen) atoms. The van der Waals surface area contributed by atoms with E-state index < -0.39 is 5.82 Å². The van der Waals surface area contributed by atoms with Crippen molar-refractivity contribution in [3.8, 4) is 5.75 Å². The van der Waals surface area contributed by atoms with E-state index in [0.29, 0.717) is 18.0 Å². The van der Waals surface area contributed by atoms with E-state index in [1.807, 2.05) is 13.8 Å². The second-order valence-electron chi connectivity index (χ2n) is 4.12. The van der Waals surface area contributed by atoms with Gasteiger partial charge in [0.1, 0.15) is 6.10 Å². The zero-order valence-corrected chi connectivity index (χ0v) is 10.6. The van der Waals surface area contributed by atoms with Gasteiger partial charge in [0, 0.05) is 18.9 Å². The predicted molar refractivity (Wildman–Crippen MR) is 66.8 cm³/mol. The van der Waals surface area contributed by atoms with E-state index in [1.54, 1.807) is 13.2 Å². The Balaban J connectivity index is 2.95. The first-order chi connectivity index (χ1) is 8.08. The summed E-state index contributed by atoms with van der Waals surface area (Å²) in [5.41, 5.74) is 6.87. The summed E-state index contributed by atoms with van der Waals surface area (Å²) in [7, 11) is 1.59. The van der Waals surface area contributed by atoms with Gasteiger partial charge in [-0.15, -0.1) is 0 Å². The highest BCUT2D eigenvalue weighted by Crippen LogP contribution is 2.28. The molecule has 0 aliphatic heterocycles. The van der Waals surface area contributed by atoms with Gasteiger partial charge in [-0.05, 0) is 25.0 Å². The Bertz CT molecular complexity index is 369. The van der Waals surface area contributed by atoms with Crippen LogP contribution in [-0.2, 0) is 11.2 Å². The molecule has 1 aromatic carbocycles. The summed E-state index contributed by atoms with van der Waals surface area (Å²) in [5, 5.41) is 0. The maximum atomic E-state index is 13.8. The van der Waals surface area contributed by atoms with E-state index in [9.17, 15) is 4.39 Å². The molecule has 2 N–H and O–H groups in total. The molecular weight excluding hydrogens is 221 g/mol. The van der Waals surface area contributed by atoms with Crippen molar-refractivity contribution in [2.75, 3.05) is 19.5 Å². The smallest absolute Gasteiger partial charge is 0.167 e. The molecule has 0 saturated heterocycles. The first-order valence-corrected chi connectivity index (χ1v) is 5.82. The third-order valence-electron chi connectivity index (χ3n) is 2.38. The minimum absolute atomic E-state index is 0.186. The van der Waals surface area contributed by atoms with Crippen molar-refractivity contribution in [3.63, 3.8) is 0 Å². The SMILES string of the molecule is CCCc1cc(N)cc(F)c1O[C@@H](C)COC. The van der Waals surface area contributed by atoms with Crippen LogP contribution < -0.4 is 10.5 Å². The number of benzene rings is 1. The number of halogens is 1. The Morgan fingerprint density at radius 1 is 1.41 bits per heavy atom. The standard InChI is InChI=1S/C13H20FNO2/c1-4-5-10-6-11(15)7-12(14)13(10)17-9(2)8-16-3/h6-7,9H,4-5,8,15H2,1-3H3/t9-/m0/s1. The molecule has 0 radical (unpaired) electrons. The number of aryl methyl sites for hydroxylation is 1. The number of rotatable bonds is 6. The number of nitrogen functional groups attached to an aromatic ring is 1. The number of hydrogen-bond donors (Lipinski definition) is 1. The Morgan fingerprint density at radius 2 is 2.12 bits per heavy atom. The second-order valence-corrected chi connectivity index (χ2v) is 4.12. The lowest BCUT2D eigenvalue weighted by molar-refractivity contribution is 0.0885. The molecule has 0 amide bonds. The van der Waals surface area contributed by atoms with Gasteiger partial charge in [0.05, 0.1) is 6.61 Å². The molecule has 0 spiro atoms. The van der Waals surface area contributed by atoms with Crippen LogP contribution in [0.25, 0.3) is 0 Å². The van der Waals surface area contributed by atoms with E-state index in [1.165, 1.54) is 6.07 Å². The quantitative estimate of drug-likeness (QED) is 0.779. The molecule has 0 aromatic heterocycles. The number of methoxy groups -OCH3 is 1. The van der Waals surface area contributed by atoms with Crippen LogP contribution >= 0.6 is 0 Å². The number of hydrogen-bond acceptors (Lipinski definition) is 3. The van der Waals surface area contributed by atoms with Gasteiger partial charge in [-0.3, -0.25) is 0 Å². The minimum atomic E-state index is -0.406. The van der Waals surface area contributed by atoms with Gasteiger partial charge in [-0.1, -0.05) is 13.3 Å². The molecule has 1 aromatic rings. The van der Waals surface area contributed by atoms with Crippen LogP contribution in [0.1, 0.15) is 25.8 Å². The predicted octanol–water partition coefficient (Wildman–Crippen LogP) is 2.77. The summed E-state index contributed by atoms with van der Waals surface area (Å²) in [5.74, 6) is -0.109. The zero-order chi connectivity index (χ0) is 12.8. The summed E-state index contributed by atoms with van der Waals surface area (Å²) >= 11 is 0. The minimum Gasteiger partial charge on any atom is -0.485 e. The van der Waals surface area contributed by atoms with Crippen molar-refractivity contribution < 1.29 is 13.9 Å². The molecule has 0 saturated carbocycles. The monoisotopic (exact) mass is 241 g/mol. The molecular formula is C13H20FNO2. The lowest BCUT2D eigenvalue weighted by Crippen LogP contribution is -2.19. The molecule has 3 nitrogen and oxygen atoms in total. The maximum absolute atomic E-state index is 13.8. The van der Waals surface area contributed by atoms with Crippen molar-refractivity contribution in [2.45, 2.75) is 32.8 Å². The van der Waals surface area contributed by atoms with E-state index in [4.69, 9.17) is 15.2 Å². The van der Waals surface area contributed by atoms with Gasteiger partial charge in [0.25, 0.3) is 0 Å². The van der Waals surface area contributed by atoms with Crippen LogP contribution in [-0.4, -0.2) is 19.8 Å². The third kappa shape index (κ3) is 3.89. The van der Waals surface area contributed by atoms with Crippen molar-refractivity contribution in [1.29, 1.82) is 0 Å². The molecule has 0 bridgehead atoms. The van der Waals surface area contributed by atoms with E-state index >= 15 is 0 Å². The largest absolute Gasteiger partial charge is 0.485 e. The van der Waals surface area contributed by atoms with Crippen LogP contribution in [0.4, 0.5) is 10.1 Å². The fraction of sp³-hybridized carbons (Fsp3) is 0.538. The third-order valence-corrected chi connectivity index (χ3v) is 2.38. The Labute approximate surface area is 102 Å². The molecule has 0 unspecified atom stereocenters. The summed E-state index contributed by atoms with van der Waals surface area (Å²) in [6.45, 7) is 4.30. The summed E-state index contributed by atoms with van der Waals surface area (Å²) in [6.07, 6.45) is 1.48. The average molecular weight is 241 g/mol. The van der Waals surface area contributed by atoms with E-state index in [-0.39, 0.29) is 6.10 Å². The number of nitrogens with two attached hydrogens (primary N) is 1. The molecule has 1 atom stereocenters. The van der Waals surface area contributed by atoms with Crippen LogP contribution in [0.2, 0.25) is 0 Å². The topological polar surface area (TPSA) is 44.5 Å². The van der Waals surface area contributed by atoms with Crippen molar-refractivity contribution in [1.82, 2.24) is 0 Å². The Hall–Kier alpha value is -1.29. The van der Waals surface area contributed by atoms with Crippen LogP contribution in [0, 0.1) is 5.82 Å². The summed E-state index contributed by atoms with van der Waals surface area (Å²) in [4.78, 5) is 0. The highest BCUT2D eigenvalue weighted by atomic mass is 19.1. The molecule has 0 aliphatic carbocycles. The first kappa shape index (κ1) is 13.8. The normalized spacial score (nSPS) is 12.5. The van der Waals surface area contributed by atoms with Crippen LogP contribution in [0.5, 0.6) is 5.75 Å². The highest BCUT2D eigenvalue weighted by Gasteiger charge is 2.14. The molecule has 4 heteroatoms. The molecule has 0 heterocycles. The summed E-state index contributed by atoms with van der Waals surface area (Å²) < 4.78 is 24.3. The second kappa shape index (κ2) is 6.45. The van der Waals surface area contributed by atoms with Crippen molar-refractivity contribution in [2.24, 2.45) is 0 Å². The zero-order valence-electron chi connectivity index (χ0n) is 10.6. The molecule has 1 rings (SSSR count). The van der Waals surface area contributed by atoms with Crippen LogP contribution in [0.3, 0.4) is 0 Å².